The first kappa shape index (κ1) is 14.0. The molecule has 3 rings (SSSR count). The molecule has 0 saturated heterocycles. The van der Waals surface area contributed by atoms with E-state index in [1.807, 2.05) is 60.7 Å². The van der Waals surface area contributed by atoms with Crippen LogP contribution in [0.3, 0.4) is 0 Å². The van der Waals surface area contributed by atoms with E-state index in [-0.39, 0.29) is 0 Å². The van der Waals surface area contributed by atoms with Crippen LogP contribution in [0.15, 0.2) is 60.7 Å². The summed E-state index contributed by atoms with van der Waals surface area (Å²) in [5, 5.41) is 2.14. The topological polar surface area (TPSA) is 18.5 Å². The molecule has 2 nitrogen and oxygen atoms in total. The van der Waals surface area contributed by atoms with Gasteiger partial charge in [-0.1, -0.05) is 36.1 Å². The van der Waals surface area contributed by atoms with Crippen LogP contribution in [0.1, 0.15) is 11.1 Å². The van der Waals surface area contributed by atoms with Gasteiger partial charge in [-0.2, -0.15) is 0 Å². The van der Waals surface area contributed by atoms with Crippen LogP contribution in [0.25, 0.3) is 10.8 Å². The average Bonchev–Trinajstić information content (AvgIpc) is 2.59. The fraction of sp³-hybridized carbons (Fsp3) is 0.100. The van der Waals surface area contributed by atoms with Crippen molar-refractivity contribution in [2.75, 3.05) is 14.2 Å². The molecular formula is C20H16O2. The Balaban J connectivity index is 2.16. The summed E-state index contributed by atoms with van der Waals surface area (Å²) in [5.74, 6) is 8.05. The Kier molecular flexibility index (Phi) is 3.98. The summed E-state index contributed by atoms with van der Waals surface area (Å²) in [6, 6.07) is 19.9. The van der Waals surface area contributed by atoms with Crippen molar-refractivity contribution in [3.05, 3.63) is 71.8 Å². The summed E-state index contributed by atoms with van der Waals surface area (Å²) >= 11 is 0. The molecule has 0 heterocycles. The van der Waals surface area contributed by atoms with Crippen molar-refractivity contribution in [2.24, 2.45) is 0 Å². The van der Waals surface area contributed by atoms with E-state index in [0.717, 1.165) is 33.4 Å². The second kappa shape index (κ2) is 6.24. The molecule has 2 heteroatoms. The number of rotatable bonds is 2. The van der Waals surface area contributed by atoms with E-state index in [4.69, 9.17) is 9.47 Å². The van der Waals surface area contributed by atoms with Gasteiger partial charge in [-0.25, -0.2) is 0 Å². The molecule has 0 fully saturated rings. The van der Waals surface area contributed by atoms with Crippen LogP contribution in [0.5, 0.6) is 11.5 Å². The Morgan fingerprint density at radius 2 is 1.59 bits per heavy atom. The molecule has 0 amide bonds. The number of ether oxygens (including phenoxy) is 2. The number of fused-ring (bicyclic) bond motifs is 1. The van der Waals surface area contributed by atoms with Gasteiger partial charge in [0.05, 0.1) is 19.8 Å². The molecule has 0 spiro atoms. The van der Waals surface area contributed by atoms with Gasteiger partial charge in [0.15, 0.2) is 0 Å². The molecule has 0 saturated carbocycles. The number of hydrogen-bond acceptors (Lipinski definition) is 2. The highest BCUT2D eigenvalue weighted by Crippen LogP contribution is 2.29. The molecule has 0 aliphatic heterocycles. The highest BCUT2D eigenvalue weighted by molar-refractivity contribution is 5.91. The van der Waals surface area contributed by atoms with Gasteiger partial charge in [0.1, 0.15) is 11.5 Å². The third kappa shape index (κ3) is 2.75. The Morgan fingerprint density at radius 1 is 0.773 bits per heavy atom. The lowest BCUT2D eigenvalue weighted by Crippen LogP contribution is -1.90. The van der Waals surface area contributed by atoms with E-state index in [0.29, 0.717) is 0 Å². The maximum Gasteiger partial charge on any atom is 0.135 e. The smallest absolute Gasteiger partial charge is 0.135 e. The normalized spacial score (nSPS) is 9.91. The second-order valence-electron chi connectivity index (χ2n) is 4.85. The summed E-state index contributed by atoms with van der Waals surface area (Å²) in [6.07, 6.45) is 0. The minimum absolute atomic E-state index is 0.779. The van der Waals surface area contributed by atoms with E-state index in [9.17, 15) is 0 Å². The zero-order chi connectivity index (χ0) is 15.4. The maximum absolute atomic E-state index is 5.46. The van der Waals surface area contributed by atoms with Crippen molar-refractivity contribution in [3.63, 3.8) is 0 Å². The molecule has 0 aliphatic rings. The molecule has 0 N–H and O–H groups in total. The zero-order valence-electron chi connectivity index (χ0n) is 12.6. The lowest BCUT2D eigenvalue weighted by molar-refractivity contribution is 0.413. The van der Waals surface area contributed by atoms with Gasteiger partial charge in [0.25, 0.3) is 0 Å². The quantitative estimate of drug-likeness (QED) is 0.656. The van der Waals surface area contributed by atoms with Crippen LogP contribution in [-0.2, 0) is 0 Å². The summed E-state index contributed by atoms with van der Waals surface area (Å²) in [6.45, 7) is 0. The van der Waals surface area contributed by atoms with Crippen LogP contribution < -0.4 is 9.47 Å². The van der Waals surface area contributed by atoms with Gasteiger partial charge in [-0.15, -0.1) is 0 Å². The molecule has 0 bridgehead atoms. The Hall–Kier alpha value is -2.92. The number of benzene rings is 3. The largest absolute Gasteiger partial charge is 0.497 e. The fourth-order valence-corrected chi connectivity index (χ4v) is 2.37. The Labute approximate surface area is 130 Å². The van der Waals surface area contributed by atoms with Crippen molar-refractivity contribution in [3.8, 4) is 23.3 Å². The van der Waals surface area contributed by atoms with E-state index >= 15 is 0 Å². The molecule has 0 unspecified atom stereocenters. The van der Waals surface area contributed by atoms with Crippen molar-refractivity contribution in [2.45, 2.75) is 0 Å². The van der Waals surface area contributed by atoms with E-state index in [2.05, 4.69) is 11.8 Å². The lowest BCUT2D eigenvalue weighted by atomic mass is 10.0. The Bertz CT molecular complexity index is 855. The number of hydrogen-bond donors (Lipinski definition) is 0. The molecule has 3 aromatic rings. The van der Waals surface area contributed by atoms with Gasteiger partial charge in [0.2, 0.25) is 0 Å². The number of methoxy groups -OCH3 is 2. The second-order valence-corrected chi connectivity index (χ2v) is 4.85. The van der Waals surface area contributed by atoms with Gasteiger partial charge in [0, 0.05) is 10.9 Å². The molecule has 0 radical (unpaired) electrons. The minimum atomic E-state index is 0.779. The molecular weight excluding hydrogens is 272 g/mol. The summed E-state index contributed by atoms with van der Waals surface area (Å²) in [5.41, 5.74) is 1.88. The van der Waals surface area contributed by atoms with Crippen molar-refractivity contribution < 1.29 is 9.47 Å². The van der Waals surface area contributed by atoms with Crippen LogP contribution in [0, 0.1) is 11.8 Å². The minimum Gasteiger partial charge on any atom is -0.497 e. The molecule has 3 aromatic carbocycles. The predicted octanol–water partition coefficient (Wildman–Crippen LogP) is 4.26. The summed E-state index contributed by atoms with van der Waals surface area (Å²) in [7, 11) is 3.33. The van der Waals surface area contributed by atoms with Crippen LogP contribution in [0.4, 0.5) is 0 Å². The van der Waals surface area contributed by atoms with Gasteiger partial charge in [-0.3, -0.25) is 0 Å². The van der Waals surface area contributed by atoms with Crippen molar-refractivity contribution in [1.29, 1.82) is 0 Å². The van der Waals surface area contributed by atoms with E-state index in [1.165, 1.54) is 0 Å². The monoisotopic (exact) mass is 288 g/mol. The molecule has 0 atom stereocenters. The van der Waals surface area contributed by atoms with Gasteiger partial charge >= 0.3 is 0 Å². The molecule has 22 heavy (non-hydrogen) atoms. The first-order valence-electron chi connectivity index (χ1n) is 7.03. The van der Waals surface area contributed by atoms with Crippen LogP contribution in [-0.4, -0.2) is 14.2 Å². The Morgan fingerprint density at radius 3 is 2.32 bits per heavy atom. The van der Waals surface area contributed by atoms with Crippen LogP contribution in [0.2, 0.25) is 0 Å². The van der Waals surface area contributed by atoms with Crippen molar-refractivity contribution in [1.82, 2.24) is 0 Å². The first-order valence-corrected chi connectivity index (χ1v) is 7.03. The summed E-state index contributed by atoms with van der Waals surface area (Å²) < 4.78 is 10.7. The maximum atomic E-state index is 5.46. The van der Waals surface area contributed by atoms with Crippen LogP contribution >= 0.6 is 0 Å². The highest BCUT2D eigenvalue weighted by Gasteiger charge is 2.07. The zero-order valence-corrected chi connectivity index (χ0v) is 12.6. The van der Waals surface area contributed by atoms with Crippen molar-refractivity contribution >= 4 is 10.8 Å². The lowest BCUT2D eigenvalue weighted by Gasteiger charge is -2.08. The third-order valence-corrected chi connectivity index (χ3v) is 3.51. The fourth-order valence-electron chi connectivity index (χ4n) is 2.37. The average molecular weight is 288 g/mol. The van der Waals surface area contributed by atoms with Gasteiger partial charge in [-0.05, 0) is 41.8 Å². The van der Waals surface area contributed by atoms with E-state index < -0.39 is 0 Å². The molecule has 0 aromatic heterocycles. The summed E-state index contributed by atoms with van der Waals surface area (Å²) in [4.78, 5) is 0. The SMILES string of the molecule is COc1ccc2c(C#Cc3ccccc3)c(OC)ccc2c1. The first-order chi connectivity index (χ1) is 10.8. The van der Waals surface area contributed by atoms with Gasteiger partial charge < -0.3 is 9.47 Å². The standard InChI is InChI=1S/C20H16O2/c1-21-17-10-12-18-16(14-17)9-13-20(22-2)19(18)11-8-15-6-4-3-5-7-15/h3-7,9-10,12-14H,1-2H3. The third-order valence-electron chi connectivity index (χ3n) is 3.51. The highest BCUT2D eigenvalue weighted by atomic mass is 16.5. The predicted molar refractivity (Wildman–Crippen MR) is 89.5 cm³/mol. The molecule has 0 aliphatic carbocycles. The van der Waals surface area contributed by atoms with E-state index in [1.54, 1.807) is 14.2 Å². The molecule has 108 valence electrons.